The van der Waals surface area contributed by atoms with Crippen LogP contribution in [0.5, 0.6) is 0 Å². The van der Waals surface area contributed by atoms with E-state index in [0.29, 0.717) is 16.1 Å². The summed E-state index contributed by atoms with van der Waals surface area (Å²) in [6.45, 7) is 4.73. The second-order valence-corrected chi connectivity index (χ2v) is 6.71. The van der Waals surface area contributed by atoms with Crippen LogP contribution >= 0.6 is 11.6 Å². The minimum absolute atomic E-state index is 0.285. The maximum atomic E-state index is 11.6. The summed E-state index contributed by atoms with van der Waals surface area (Å²) in [5.41, 5.74) is 3.16. The Hall–Kier alpha value is -2.71. The van der Waals surface area contributed by atoms with Crippen molar-refractivity contribution >= 4 is 28.9 Å². The lowest BCUT2D eigenvalue weighted by atomic mass is 10.1. The second-order valence-electron chi connectivity index (χ2n) is 6.30. The van der Waals surface area contributed by atoms with Gasteiger partial charge in [-0.15, -0.1) is 0 Å². The molecule has 6 heteroatoms. The number of carbonyl (C=O) groups excluding carboxylic acids is 1. The van der Waals surface area contributed by atoms with E-state index < -0.39 is 0 Å². The fourth-order valence-electron chi connectivity index (χ4n) is 3.28. The molecule has 1 aliphatic heterocycles. The fourth-order valence-corrected chi connectivity index (χ4v) is 3.49. The molecule has 1 saturated heterocycles. The van der Waals surface area contributed by atoms with Crippen LogP contribution in [-0.4, -0.2) is 38.8 Å². The first-order chi connectivity index (χ1) is 12.5. The normalized spacial score (nSPS) is 16.9. The number of methoxy groups -OCH3 is 1. The lowest BCUT2D eigenvalue weighted by Crippen LogP contribution is -2.52. The Bertz CT molecular complexity index is 845. The van der Waals surface area contributed by atoms with E-state index >= 15 is 0 Å². The summed E-state index contributed by atoms with van der Waals surface area (Å²) in [7, 11) is 1.38. The highest BCUT2D eigenvalue weighted by molar-refractivity contribution is 6.32. The number of nitriles is 1. The quantitative estimate of drug-likeness (QED) is 0.772. The molecule has 0 amide bonds. The van der Waals surface area contributed by atoms with Crippen molar-refractivity contribution < 1.29 is 9.53 Å². The van der Waals surface area contributed by atoms with Crippen molar-refractivity contribution in [2.75, 3.05) is 36.5 Å². The third-order valence-corrected chi connectivity index (χ3v) is 5.00. The molecule has 0 saturated carbocycles. The van der Waals surface area contributed by atoms with E-state index in [1.54, 1.807) is 18.2 Å². The predicted molar refractivity (Wildman–Crippen MR) is 103 cm³/mol. The molecule has 0 spiro atoms. The maximum absolute atomic E-state index is 11.6. The molecule has 134 valence electrons. The number of piperazine rings is 1. The SMILES string of the molecule is COC(=O)c1ccc(N2CCN(c3ccc(C#N)c(Cl)c3)C(C)C2)cc1. The first-order valence-electron chi connectivity index (χ1n) is 8.43. The molecule has 3 rings (SSSR count). The number of nitrogens with zero attached hydrogens (tertiary/aromatic N) is 3. The molecule has 0 aliphatic carbocycles. The Balaban J connectivity index is 1.71. The molecule has 2 aromatic carbocycles. The number of carbonyl (C=O) groups is 1. The van der Waals surface area contributed by atoms with Gasteiger partial charge in [0.2, 0.25) is 0 Å². The minimum Gasteiger partial charge on any atom is -0.465 e. The number of hydrogen-bond acceptors (Lipinski definition) is 5. The summed E-state index contributed by atoms with van der Waals surface area (Å²) in [6.07, 6.45) is 0. The predicted octanol–water partition coefficient (Wildman–Crippen LogP) is 3.71. The van der Waals surface area contributed by atoms with E-state index in [9.17, 15) is 4.79 Å². The van der Waals surface area contributed by atoms with Crippen molar-refractivity contribution in [2.24, 2.45) is 0 Å². The lowest BCUT2D eigenvalue weighted by molar-refractivity contribution is 0.0601. The Morgan fingerprint density at radius 3 is 2.46 bits per heavy atom. The van der Waals surface area contributed by atoms with Crippen molar-refractivity contribution in [1.29, 1.82) is 5.26 Å². The van der Waals surface area contributed by atoms with Gasteiger partial charge in [-0.05, 0) is 49.4 Å². The van der Waals surface area contributed by atoms with Gasteiger partial charge in [0.1, 0.15) is 6.07 Å². The van der Waals surface area contributed by atoms with Crippen molar-refractivity contribution in [2.45, 2.75) is 13.0 Å². The summed E-state index contributed by atoms with van der Waals surface area (Å²) in [4.78, 5) is 16.1. The molecule has 0 bridgehead atoms. The molecular formula is C20H20ClN3O2. The summed E-state index contributed by atoms with van der Waals surface area (Å²) >= 11 is 6.18. The third-order valence-electron chi connectivity index (χ3n) is 4.69. The van der Waals surface area contributed by atoms with E-state index in [0.717, 1.165) is 31.0 Å². The molecule has 0 aromatic heterocycles. The highest BCUT2D eigenvalue weighted by Gasteiger charge is 2.24. The van der Waals surface area contributed by atoms with Crippen molar-refractivity contribution in [1.82, 2.24) is 0 Å². The Morgan fingerprint density at radius 1 is 1.19 bits per heavy atom. The van der Waals surface area contributed by atoms with Crippen LogP contribution < -0.4 is 9.80 Å². The van der Waals surface area contributed by atoms with Crippen LogP contribution in [0.25, 0.3) is 0 Å². The van der Waals surface area contributed by atoms with Gasteiger partial charge in [0.05, 0.1) is 23.3 Å². The highest BCUT2D eigenvalue weighted by Crippen LogP contribution is 2.28. The second kappa shape index (κ2) is 7.67. The van der Waals surface area contributed by atoms with Gasteiger partial charge in [0.15, 0.2) is 0 Å². The van der Waals surface area contributed by atoms with Crippen LogP contribution in [-0.2, 0) is 4.74 Å². The molecular weight excluding hydrogens is 350 g/mol. The molecule has 1 unspecified atom stereocenters. The number of hydrogen-bond donors (Lipinski definition) is 0. The summed E-state index contributed by atoms with van der Waals surface area (Å²) in [5, 5.41) is 9.50. The summed E-state index contributed by atoms with van der Waals surface area (Å²) < 4.78 is 4.74. The molecule has 1 aliphatic rings. The minimum atomic E-state index is -0.326. The zero-order valence-electron chi connectivity index (χ0n) is 14.8. The molecule has 1 fully saturated rings. The van der Waals surface area contributed by atoms with E-state index in [1.807, 2.05) is 24.3 Å². The molecule has 1 atom stereocenters. The van der Waals surface area contributed by atoms with Gasteiger partial charge in [-0.3, -0.25) is 0 Å². The number of anilines is 2. The molecule has 26 heavy (non-hydrogen) atoms. The average Bonchev–Trinajstić information content (AvgIpc) is 2.67. The summed E-state index contributed by atoms with van der Waals surface area (Å²) in [5.74, 6) is -0.326. The topological polar surface area (TPSA) is 56.6 Å². The van der Waals surface area contributed by atoms with Gasteiger partial charge in [0.25, 0.3) is 0 Å². The van der Waals surface area contributed by atoms with E-state index in [-0.39, 0.29) is 12.0 Å². The number of ether oxygens (including phenoxy) is 1. The van der Waals surface area contributed by atoms with Gasteiger partial charge >= 0.3 is 5.97 Å². The van der Waals surface area contributed by atoms with Crippen molar-refractivity contribution in [3.63, 3.8) is 0 Å². The zero-order chi connectivity index (χ0) is 18.7. The fraction of sp³-hybridized carbons (Fsp3) is 0.300. The van der Waals surface area contributed by atoms with Gasteiger partial charge < -0.3 is 14.5 Å². The zero-order valence-corrected chi connectivity index (χ0v) is 15.5. The third kappa shape index (κ3) is 3.61. The highest BCUT2D eigenvalue weighted by atomic mass is 35.5. The molecule has 1 heterocycles. The molecule has 0 radical (unpaired) electrons. The van der Waals surface area contributed by atoms with Crippen LogP contribution in [0.1, 0.15) is 22.8 Å². The van der Waals surface area contributed by atoms with Gasteiger partial charge in [0, 0.05) is 37.1 Å². The molecule has 2 aromatic rings. The van der Waals surface area contributed by atoms with Crippen LogP contribution in [0.3, 0.4) is 0 Å². The Kier molecular flexibility index (Phi) is 5.34. The largest absolute Gasteiger partial charge is 0.465 e. The lowest BCUT2D eigenvalue weighted by Gasteiger charge is -2.42. The number of esters is 1. The number of rotatable bonds is 3. The Labute approximate surface area is 158 Å². The standard InChI is InChI=1S/C20H20ClN3O2/c1-14-13-23(17-6-3-15(4-7-17)20(25)26-2)9-10-24(14)18-8-5-16(12-22)19(21)11-18/h3-8,11,14H,9-10,13H2,1-2H3. The van der Waals surface area contributed by atoms with E-state index in [4.69, 9.17) is 21.6 Å². The number of halogens is 1. The summed E-state index contributed by atoms with van der Waals surface area (Å²) in [6, 6.07) is 15.4. The molecule has 5 nitrogen and oxygen atoms in total. The smallest absolute Gasteiger partial charge is 0.337 e. The van der Waals surface area contributed by atoms with E-state index in [1.165, 1.54) is 7.11 Å². The molecule has 0 N–H and O–H groups in total. The first-order valence-corrected chi connectivity index (χ1v) is 8.81. The van der Waals surface area contributed by atoms with Crippen LogP contribution in [0.2, 0.25) is 5.02 Å². The van der Waals surface area contributed by atoms with Gasteiger partial charge in [-0.25, -0.2) is 4.79 Å². The van der Waals surface area contributed by atoms with Crippen LogP contribution in [0, 0.1) is 11.3 Å². The Morgan fingerprint density at radius 2 is 1.88 bits per heavy atom. The monoisotopic (exact) mass is 369 g/mol. The number of benzene rings is 2. The van der Waals surface area contributed by atoms with Crippen molar-refractivity contribution in [3.8, 4) is 6.07 Å². The van der Waals surface area contributed by atoms with Crippen LogP contribution in [0.4, 0.5) is 11.4 Å². The average molecular weight is 370 g/mol. The first kappa shape index (κ1) is 18.1. The van der Waals surface area contributed by atoms with Crippen LogP contribution in [0.15, 0.2) is 42.5 Å². The van der Waals surface area contributed by atoms with Gasteiger partial charge in [-0.2, -0.15) is 5.26 Å². The van der Waals surface area contributed by atoms with Crippen molar-refractivity contribution in [3.05, 3.63) is 58.6 Å². The maximum Gasteiger partial charge on any atom is 0.337 e. The van der Waals surface area contributed by atoms with Gasteiger partial charge in [-0.1, -0.05) is 11.6 Å². The van der Waals surface area contributed by atoms with E-state index in [2.05, 4.69) is 22.8 Å².